The fraction of sp³-hybridized carbons (Fsp3) is 0.111. The number of nitrogen functional groups attached to an aromatic ring is 1. The minimum Gasteiger partial charge on any atom is -0.396 e. The highest BCUT2D eigenvalue weighted by atomic mass is 16.1. The van der Waals surface area contributed by atoms with E-state index in [1.165, 1.54) is 10.9 Å². The second-order valence-electron chi connectivity index (χ2n) is 3.27. The fourth-order valence-corrected chi connectivity index (χ4v) is 1.21. The molecule has 0 aromatic carbocycles. The molecule has 7 nitrogen and oxygen atoms in total. The standard InChI is InChI=1S/C9H10N6O/c1-5-2-3-7(13-12-5)15-4-6(10)8(14-15)9(11)16/h2-4H,10H2,1H3,(H2,11,16). The normalized spacial score (nSPS) is 10.3. The van der Waals surface area contributed by atoms with Crippen LogP contribution in [-0.2, 0) is 0 Å². The second kappa shape index (κ2) is 3.61. The van der Waals surface area contributed by atoms with Crippen LogP contribution in [0.25, 0.3) is 5.82 Å². The van der Waals surface area contributed by atoms with Gasteiger partial charge in [0, 0.05) is 0 Å². The van der Waals surface area contributed by atoms with Gasteiger partial charge in [0.1, 0.15) is 0 Å². The zero-order valence-electron chi connectivity index (χ0n) is 8.58. The van der Waals surface area contributed by atoms with Crippen molar-refractivity contribution in [1.82, 2.24) is 20.0 Å². The summed E-state index contributed by atoms with van der Waals surface area (Å²) in [5.41, 5.74) is 11.7. The Balaban J connectivity index is 2.45. The van der Waals surface area contributed by atoms with Crippen LogP contribution in [0.2, 0.25) is 0 Å². The van der Waals surface area contributed by atoms with Gasteiger partial charge in [-0.15, -0.1) is 5.10 Å². The lowest BCUT2D eigenvalue weighted by atomic mass is 10.4. The third-order valence-electron chi connectivity index (χ3n) is 1.99. The SMILES string of the molecule is Cc1ccc(-n2cc(N)c(C(N)=O)n2)nn1. The van der Waals surface area contributed by atoms with Crippen LogP contribution < -0.4 is 11.5 Å². The van der Waals surface area contributed by atoms with E-state index in [2.05, 4.69) is 15.3 Å². The Morgan fingerprint density at radius 1 is 1.38 bits per heavy atom. The Morgan fingerprint density at radius 2 is 2.12 bits per heavy atom. The predicted octanol–water partition coefficient (Wildman–Crippen LogP) is -0.348. The highest BCUT2D eigenvalue weighted by molar-refractivity contribution is 5.95. The van der Waals surface area contributed by atoms with Crippen molar-refractivity contribution in [3.63, 3.8) is 0 Å². The van der Waals surface area contributed by atoms with Gasteiger partial charge in [0.15, 0.2) is 11.5 Å². The predicted molar refractivity (Wildman–Crippen MR) is 56.8 cm³/mol. The zero-order valence-corrected chi connectivity index (χ0v) is 8.58. The summed E-state index contributed by atoms with van der Waals surface area (Å²) >= 11 is 0. The van der Waals surface area contributed by atoms with Crippen molar-refractivity contribution in [2.75, 3.05) is 5.73 Å². The molecular weight excluding hydrogens is 208 g/mol. The number of hydrogen-bond donors (Lipinski definition) is 2. The van der Waals surface area contributed by atoms with E-state index in [9.17, 15) is 4.79 Å². The van der Waals surface area contributed by atoms with Gasteiger partial charge in [-0.05, 0) is 19.1 Å². The largest absolute Gasteiger partial charge is 0.396 e. The smallest absolute Gasteiger partial charge is 0.271 e. The van der Waals surface area contributed by atoms with Crippen molar-refractivity contribution in [1.29, 1.82) is 0 Å². The van der Waals surface area contributed by atoms with E-state index < -0.39 is 5.91 Å². The molecule has 0 radical (unpaired) electrons. The topological polar surface area (TPSA) is 113 Å². The lowest BCUT2D eigenvalue weighted by Gasteiger charge is -1.98. The number of hydrogen-bond acceptors (Lipinski definition) is 5. The molecule has 0 saturated carbocycles. The summed E-state index contributed by atoms with van der Waals surface area (Å²) < 4.78 is 1.36. The maximum absolute atomic E-state index is 11.0. The number of nitrogens with two attached hydrogens (primary N) is 2. The van der Waals surface area contributed by atoms with Crippen LogP contribution in [-0.4, -0.2) is 25.9 Å². The first-order chi connectivity index (χ1) is 7.58. The van der Waals surface area contributed by atoms with E-state index in [1.54, 1.807) is 12.1 Å². The van der Waals surface area contributed by atoms with Crippen LogP contribution in [0, 0.1) is 6.92 Å². The molecule has 82 valence electrons. The van der Waals surface area contributed by atoms with E-state index in [0.29, 0.717) is 5.82 Å². The van der Waals surface area contributed by atoms with Gasteiger partial charge >= 0.3 is 0 Å². The Kier molecular flexibility index (Phi) is 2.28. The molecule has 2 aromatic rings. The molecule has 16 heavy (non-hydrogen) atoms. The van der Waals surface area contributed by atoms with Crippen molar-refractivity contribution in [3.8, 4) is 5.82 Å². The van der Waals surface area contributed by atoms with Crippen molar-refractivity contribution in [3.05, 3.63) is 29.7 Å². The first kappa shape index (κ1) is 10.1. The molecule has 0 aliphatic carbocycles. The number of carbonyl (C=O) groups is 1. The van der Waals surface area contributed by atoms with Crippen LogP contribution in [0.1, 0.15) is 16.2 Å². The van der Waals surface area contributed by atoms with Gasteiger partial charge in [0.2, 0.25) is 0 Å². The monoisotopic (exact) mass is 218 g/mol. The zero-order chi connectivity index (χ0) is 11.7. The molecule has 2 heterocycles. The number of amides is 1. The van der Waals surface area contributed by atoms with Crippen LogP contribution in [0.15, 0.2) is 18.3 Å². The number of nitrogens with zero attached hydrogens (tertiary/aromatic N) is 4. The van der Waals surface area contributed by atoms with Crippen molar-refractivity contribution in [2.45, 2.75) is 6.92 Å². The highest BCUT2D eigenvalue weighted by Crippen LogP contribution is 2.11. The highest BCUT2D eigenvalue weighted by Gasteiger charge is 2.12. The lowest BCUT2D eigenvalue weighted by Crippen LogP contribution is -2.14. The average molecular weight is 218 g/mol. The molecule has 0 bridgehead atoms. The van der Waals surface area contributed by atoms with E-state index in [0.717, 1.165) is 5.69 Å². The summed E-state index contributed by atoms with van der Waals surface area (Å²) in [6, 6.07) is 3.50. The van der Waals surface area contributed by atoms with Crippen molar-refractivity contribution < 1.29 is 4.79 Å². The number of anilines is 1. The quantitative estimate of drug-likeness (QED) is 0.715. The van der Waals surface area contributed by atoms with Gasteiger partial charge in [-0.25, -0.2) is 4.68 Å². The number of primary amides is 1. The molecule has 1 amide bonds. The van der Waals surface area contributed by atoms with Gasteiger partial charge in [0.25, 0.3) is 5.91 Å². The summed E-state index contributed by atoms with van der Waals surface area (Å²) in [6.07, 6.45) is 1.47. The third-order valence-corrected chi connectivity index (χ3v) is 1.99. The molecule has 0 spiro atoms. The molecule has 0 saturated heterocycles. The molecule has 0 atom stereocenters. The van der Waals surface area contributed by atoms with E-state index in [4.69, 9.17) is 11.5 Å². The van der Waals surface area contributed by atoms with Crippen LogP contribution in [0.4, 0.5) is 5.69 Å². The molecule has 7 heteroatoms. The van der Waals surface area contributed by atoms with Gasteiger partial charge in [-0.1, -0.05) is 0 Å². The summed E-state index contributed by atoms with van der Waals surface area (Å²) in [4.78, 5) is 11.0. The van der Waals surface area contributed by atoms with Crippen LogP contribution >= 0.6 is 0 Å². The minimum atomic E-state index is -0.670. The molecular formula is C9H10N6O. The van der Waals surface area contributed by atoms with Gasteiger partial charge in [-0.3, -0.25) is 4.79 Å². The molecule has 4 N–H and O–H groups in total. The molecule has 2 rings (SSSR count). The Bertz CT molecular complexity index is 529. The minimum absolute atomic E-state index is 0.0300. The van der Waals surface area contributed by atoms with Crippen LogP contribution in [0.5, 0.6) is 0 Å². The summed E-state index contributed by atoms with van der Waals surface area (Å²) in [7, 11) is 0. The molecule has 0 fully saturated rings. The number of carbonyl (C=O) groups excluding carboxylic acids is 1. The number of aromatic nitrogens is 4. The van der Waals surface area contributed by atoms with E-state index >= 15 is 0 Å². The number of aryl methyl sites for hydroxylation is 1. The molecule has 0 aliphatic rings. The number of rotatable bonds is 2. The Hall–Kier alpha value is -2.44. The van der Waals surface area contributed by atoms with Gasteiger partial charge in [0.05, 0.1) is 17.6 Å². The van der Waals surface area contributed by atoms with Gasteiger partial charge in [-0.2, -0.15) is 10.2 Å². The molecule has 0 aliphatic heterocycles. The Morgan fingerprint density at radius 3 is 2.62 bits per heavy atom. The molecule has 0 unspecified atom stereocenters. The first-order valence-corrected chi connectivity index (χ1v) is 4.53. The second-order valence-corrected chi connectivity index (χ2v) is 3.27. The maximum atomic E-state index is 11.0. The van der Waals surface area contributed by atoms with Crippen molar-refractivity contribution in [2.24, 2.45) is 5.73 Å². The van der Waals surface area contributed by atoms with E-state index in [-0.39, 0.29) is 11.4 Å². The molecule has 2 aromatic heterocycles. The summed E-state index contributed by atoms with van der Waals surface area (Å²) in [5.74, 6) is -0.193. The summed E-state index contributed by atoms with van der Waals surface area (Å²) in [5, 5.41) is 11.7. The fourth-order valence-electron chi connectivity index (χ4n) is 1.21. The summed E-state index contributed by atoms with van der Waals surface area (Å²) in [6.45, 7) is 1.82. The third kappa shape index (κ3) is 1.70. The Labute approximate surface area is 91.1 Å². The average Bonchev–Trinajstić information content (AvgIpc) is 2.61. The lowest BCUT2D eigenvalue weighted by molar-refractivity contribution is 0.0996. The van der Waals surface area contributed by atoms with Crippen molar-refractivity contribution >= 4 is 11.6 Å². The van der Waals surface area contributed by atoms with Gasteiger partial charge < -0.3 is 11.5 Å². The van der Waals surface area contributed by atoms with Crippen LogP contribution in [0.3, 0.4) is 0 Å². The first-order valence-electron chi connectivity index (χ1n) is 4.53. The van der Waals surface area contributed by atoms with E-state index in [1.807, 2.05) is 6.92 Å². The maximum Gasteiger partial charge on any atom is 0.271 e.